The quantitative estimate of drug-likeness (QED) is 0.186. The third kappa shape index (κ3) is 3.71. The molecule has 52 heavy (non-hydrogen) atoms. The van der Waals surface area contributed by atoms with E-state index in [9.17, 15) is 0 Å². The van der Waals surface area contributed by atoms with Gasteiger partial charge in [0.15, 0.2) is 17.2 Å². The Morgan fingerprint density at radius 1 is 0.346 bits per heavy atom. The van der Waals surface area contributed by atoms with Gasteiger partial charge in [0.25, 0.3) is 0 Å². The predicted molar refractivity (Wildman–Crippen MR) is 207 cm³/mol. The number of hydrogen-bond acceptors (Lipinski definition) is 6. The lowest BCUT2D eigenvalue weighted by molar-refractivity contribution is 0.668. The van der Waals surface area contributed by atoms with Crippen molar-refractivity contribution in [3.63, 3.8) is 0 Å². The van der Waals surface area contributed by atoms with Crippen LogP contribution in [-0.4, -0.2) is 19.5 Å². The summed E-state index contributed by atoms with van der Waals surface area (Å²) in [5.41, 5.74) is 8.03. The van der Waals surface area contributed by atoms with Gasteiger partial charge in [0.05, 0.1) is 16.6 Å². The molecule has 0 saturated heterocycles. The third-order valence-electron chi connectivity index (χ3n) is 10.3. The van der Waals surface area contributed by atoms with Crippen LogP contribution in [-0.2, 0) is 0 Å². The van der Waals surface area contributed by atoms with E-state index >= 15 is 0 Å². The Hall–Kier alpha value is -7.25. The lowest BCUT2D eigenvalue weighted by Gasteiger charge is -2.11. The Labute approximate surface area is 294 Å². The molecule has 0 amide bonds. The first kappa shape index (κ1) is 27.6. The molecule has 242 valence electrons. The van der Waals surface area contributed by atoms with Gasteiger partial charge in [0, 0.05) is 43.1 Å². The second kappa shape index (κ2) is 10.2. The van der Waals surface area contributed by atoms with Gasteiger partial charge in [-0.3, -0.25) is 4.57 Å². The van der Waals surface area contributed by atoms with Gasteiger partial charge in [-0.15, -0.1) is 0 Å². The van der Waals surface area contributed by atoms with Gasteiger partial charge < -0.3 is 13.3 Å². The van der Waals surface area contributed by atoms with E-state index in [1.165, 1.54) is 0 Å². The highest BCUT2D eigenvalue weighted by Crippen LogP contribution is 2.42. The van der Waals surface area contributed by atoms with E-state index in [2.05, 4.69) is 65.2 Å². The van der Waals surface area contributed by atoms with Gasteiger partial charge in [0.1, 0.15) is 33.4 Å². The molecule has 0 aliphatic rings. The minimum atomic E-state index is 0.459. The molecular weight excluding hydrogens is 645 g/mol. The minimum absolute atomic E-state index is 0.459. The Balaban J connectivity index is 1.23. The SMILES string of the molecule is c1ccc2c(c1)oc1c(-c3nc(-c4cccc5c4oc4ccccc45)nc(-n4c5ccccc5c5ccc6c7ccccc7oc6c54)n3)cccc12. The summed E-state index contributed by atoms with van der Waals surface area (Å²) in [5, 5.41) is 8.27. The summed E-state index contributed by atoms with van der Waals surface area (Å²) in [7, 11) is 0. The highest BCUT2D eigenvalue weighted by atomic mass is 16.3. The van der Waals surface area contributed by atoms with Gasteiger partial charge in [-0.25, -0.2) is 4.98 Å². The fraction of sp³-hybridized carbons (Fsp3) is 0. The zero-order valence-corrected chi connectivity index (χ0v) is 27.4. The molecule has 0 saturated carbocycles. The normalized spacial score (nSPS) is 12.2. The fourth-order valence-corrected chi connectivity index (χ4v) is 7.99. The summed E-state index contributed by atoms with van der Waals surface area (Å²) >= 11 is 0. The molecule has 0 aliphatic carbocycles. The molecule has 5 aromatic heterocycles. The van der Waals surface area contributed by atoms with Gasteiger partial charge in [-0.05, 0) is 42.5 Å². The topological polar surface area (TPSA) is 83.0 Å². The highest BCUT2D eigenvalue weighted by molar-refractivity contribution is 6.21. The molecule has 7 nitrogen and oxygen atoms in total. The zero-order valence-electron chi connectivity index (χ0n) is 27.4. The molecule has 12 rings (SSSR count). The first-order valence-corrected chi connectivity index (χ1v) is 17.2. The molecule has 5 heterocycles. The van der Waals surface area contributed by atoms with Crippen LogP contribution < -0.4 is 0 Å². The van der Waals surface area contributed by atoms with Crippen LogP contribution in [0, 0.1) is 0 Å². The largest absolute Gasteiger partial charge is 0.455 e. The molecule has 0 spiro atoms. The Kier molecular flexibility index (Phi) is 5.38. The summed E-state index contributed by atoms with van der Waals surface area (Å²) in [4.78, 5) is 15.8. The van der Waals surface area contributed by atoms with Gasteiger partial charge in [-0.2, -0.15) is 9.97 Å². The molecule has 7 heteroatoms. The number of hydrogen-bond donors (Lipinski definition) is 0. The highest BCUT2D eigenvalue weighted by Gasteiger charge is 2.24. The molecule has 0 unspecified atom stereocenters. The lowest BCUT2D eigenvalue weighted by atomic mass is 10.1. The van der Waals surface area contributed by atoms with E-state index < -0.39 is 0 Å². The zero-order chi connectivity index (χ0) is 33.9. The lowest BCUT2D eigenvalue weighted by Crippen LogP contribution is -2.06. The van der Waals surface area contributed by atoms with Crippen molar-refractivity contribution in [2.75, 3.05) is 0 Å². The molecule has 0 atom stereocenters. The van der Waals surface area contributed by atoms with E-state index in [-0.39, 0.29) is 0 Å². The van der Waals surface area contributed by atoms with Crippen molar-refractivity contribution in [2.24, 2.45) is 0 Å². The molecule has 0 N–H and O–H groups in total. The van der Waals surface area contributed by atoms with Gasteiger partial charge >= 0.3 is 0 Å². The monoisotopic (exact) mass is 668 g/mol. The molecule has 0 bridgehead atoms. The van der Waals surface area contributed by atoms with E-state index in [4.69, 9.17) is 28.2 Å². The molecule has 0 fully saturated rings. The van der Waals surface area contributed by atoms with E-state index in [1.54, 1.807) is 0 Å². The van der Waals surface area contributed by atoms with Gasteiger partial charge in [0.2, 0.25) is 5.95 Å². The van der Waals surface area contributed by atoms with Crippen molar-refractivity contribution < 1.29 is 13.3 Å². The smallest absolute Gasteiger partial charge is 0.238 e. The van der Waals surface area contributed by atoms with Crippen LogP contribution in [0.25, 0.3) is 116 Å². The Morgan fingerprint density at radius 3 is 1.37 bits per heavy atom. The number of rotatable bonds is 3. The summed E-state index contributed by atoms with van der Waals surface area (Å²) in [6, 6.07) is 49.2. The average Bonchev–Trinajstić information content (AvgIpc) is 3.96. The number of furan rings is 3. The van der Waals surface area contributed by atoms with E-state index in [0.717, 1.165) is 98.7 Å². The first-order chi connectivity index (χ1) is 25.8. The fourth-order valence-electron chi connectivity index (χ4n) is 7.99. The Morgan fingerprint density at radius 2 is 0.788 bits per heavy atom. The van der Waals surface area contributed by atoms with E-state index in [1.807, 2.05) is 84.9 Å². The van der Waals surface area contributed by atoms with Crippen molar-refractivity contribution in [3.05, 3.63) is 146 Å². The minimum Gasteiger partial charge on any atom is -0.455 e. The van der Waals surface area contributed by atoms with Crippen molar-refractivity contribution in [1.82, 2.24) is 19.5 Å². The molecule has 7 aromatic carbocycles. The van der Waals surface area contributed by atoms with Gasteiger partial charge in [-0.1, -0.05) is 103 Å². The number of para-hydroxylation sites is 6. The van der Waals surface area contributed by atoms with Crippen LogP contribution >= 0.6 is 0 Å². The standard InChI is InChI=1S/C45H24N4O3/c1-5-19-35-25(11-1)29-23-24-32-28-14-4-8-22-38(28)52-42(32)39(29)49(35)45-47-43(33-17-9-15-30-26-12-2-6-20-36(26)50-40(30)33)46-44(48-45)34-18-10-16-31-27-13-3-7-21-37(27)51-41(31)34/h1-24H. The number of nitrogens with zero attached hydrogens (tertiary/aromatic N) is 4. The van der Waals surface area contributed by atoms with Crippen LogP contribution in [0.2, 0.25) is 0 Å². The van der Waals surface area contributed by atoms with Crippen molar-refractivity contribution >= 4 is 87.6 Å². The van der Waals surface area contributed by atoms with E-state index in [0.29, 0.717) is 17.6 Å². The maximum absolute atomic E-state index is 6.65. The summed E-state index contributed by atoms with van der Waals surface area (Å²) < 4.78 is 21.8. The average molecular weight is 669 g/mol. The second-order valence-corrected chi connectivity index (χ2v) is 13.1. The molecule has 12 aromatic rings. The molecule has 0 radical (unpaired) electrons. The molecule has 0 aliphatic heterocycles. The maximum Gasteiger partial charge on any atom is 0.238 e. The van der Waals surface area contributed by atoms with Crippen molar-refractivity contribution in [1.29, 1.82) is 0 Å². The van der Waals surface area contributed by atoms with Crippen LogP contribution in [0.5, 0.6) is 0 Å². The summed E-state index contributed by atoms with van der Waals surface area (Å²) in [5.74, 6) is 1.43. The predicted octanol–water partition coefficient (Wildman–Crippen LogP) is 12.0. The maximum atomic E-state index is 6.65. The summed E-state index contributed by atoms with van der Waals surface area (Å²) in [6.07, 6.45) is 0. The summed E-state index contributed by atoms with van der Waals surface area (Å²) in [6.45, 7) is 0. The van der Waals surface area contributed by atoms with Crippen LogP contribution in [0.3, 0.4) is 0 Å². The number of aromatic nitrogens is 4. The number of benzene rings is 7. The van der Waals surface area contributed by atoms with Crippen LogP contribution in [0.1, 0.15) is 0 Å². The van der Waals surface area contributed by atoms with Crippen molar-refractivity contribution in [3.8, 4) is 28.7 Å². The third-order valence-corrected chi connectivity index (χ3v) is 10.3. The van der Waals surface area contributed by atoms with Crippen LogP contribution in [0.4, 0.5) is 0 Å². The number of fused-ring (bicyclic) bond motifs is 13. The molecular formula is C45H24N4O3. The van der Waals surface area contributed by atoms with Crippen molar-refractivity contribution in [2.45, 2.75) is 0 Å². The second-order valence-electron chi connectivity index (χ2n) is 13.1. The first-order valence-electron chi connectivity index (χ1n) is 17.2. The Bertz CT molecular complexity index is 3300. The van der Waals surface area contributed by atoms with Crippen LogP contribution in [0.15, 0.2) is 159 Å².